The maximum Gasteiger partial charge on any atom is 0.266 e. The van der Waals surface area contributed by atoms with Crippen molar-refractivity contribution in [1.29, 1.82) is 0 Å². The Morgan fingerprint density at radius 3 is 1.77 bits per heavy atom. The Bertz CT molecular complexity index is 2310. The number of thiazole rings is 2. The van der Waals surface area contributed by atoms with Crippen molar-refractivity contribution in [2.75, 3.05) is 10.6 Å². The van der Waals surface area contributed by atoms with Gasteiger partial charge >= 0.3 is 0 Å². The number of aryl methyl sites for hydroxylation is 2. The monoisotopic (exact) mass is 770 g/mol. The summed E-state index contributed by atoms with van der Waals surface area (Å²) in [5.41, 5.74) is 3.44. The molecule has 52 heavy (non-hydrogen) atoms. The third-order valence-corrected chi connectivity index (χ3v) is 11.0. The van der Waals surface area contributed by atoms with Crippen LogP contribution in [0.3, 0.4) is 0 Å². The van der Waals surface area contributed by atoms with E-state index in [2.05, 4.69) is 40.8 Å². The van der Waals surface area contributed by atoms with E-state index in [-0.39, 0.29) is 17.4 Å². The number of anilines is 2. The number of thiophene rings is 2. The SMILES string of the molecule is Cn1nc(-c2nccs2)cc1-c1ccc(C(=O)Nc2ccncc2F)s1.Cn1nc(-c2nccs2)cc1-c1ccc(C(=O)Nc2ncccc2F)s1. The number of amides is 2. The van der Waals surface area contributed by atoms with Gasteiger partial charge in [-0.15, -0.1) is 45.3 Å². The Hall–Kier alpha value is -5.82. The molecule has 260 valence electrons. The summed E-state index contributed by atoms with van der Waals surface area (Å²) in [6.07, 6.45) is 7.38. The van der Waals surface area contributed by atoms with Crippen LogP contribution in [0, 0.1) is 11.6 Å². The summed E-state index contributed by atoms with van der Waals surface area (Å²) >= 11 is 5.65. The molecule has 8 heterocycles. The standard InChI is InChI=1S/2C17H12FN5OS2/c1-23-13(8-12(22-23)17-20-6-7-25-17)14-2-3-15(26-14)16(24)21-11-4-5-19-9-10(11)18;1-23-12(9-11(22-23)17-20-7-8-25-17)13-4-5-14(26-13)16(24)21-15-10(18)3-2-6-19-15/h2*2-9H,1H3,(H,19,21,24). The number of nitrogens with one attached hydrogen (secondary N) is 2. The lowest BCUT2D eigenvalue weighted by Crippen LogP contribution is -2.12. The van der Waals surface area contributed by atoms with E-state index in [1.807, 2.05) is 49.1 Å². The minimum absolute atomic E-state index is 0.0842. The van der Waals surface area contributed by atoms with Crippen molar-refractivity contribution >= 4 is 68.7 Å². The number of pyridine rings is 2. The van der Waals surface area contributed by atoms with Gasteiger partial charge in [0.2, 0.25) is 0 Å². The molecule has 8 rings (SSSR count). The van der Waals surface area contributed by atoms with Gasteiger partial charge in [-0.2, -0.15) is 10.2 Å². The molecule has 2 N–H and O–H groups in total. The first-order valence-electron chi connectivity index (χ1n) is 15.1. The van der Waals surface area contributed by atoms with Gasteiger partial charge in [0.25, 0.3) is 11.8 Å². The first kappa shape index (κ1) is 34.6. The highest BCUT2D eigenvalue weighted by atomic mass is 32.1. The third-order valence-electron chi connectivity index (χ3n) is 7.24. The summed E-state index contributed by atoms with van der Waals surface area (Å²) in [4.78, 5) is 43.5. The number of carbonyl (C=O) groups excluding carboxylic acids is 2. The van der Waals surface area contributed by atoms with Crippen LogP contribution in [0.1, 0.15) is 19.3 Å². The van der Waals surface area contributed by atoms with E-state index in [1.165, 1.54) is 75.9 Å². The molecule has 8 aromatic rings. The second-order valence-corrected chi connectivity index (χ2v) is 14.6. The van der Waals surface area contributed by atoms with Crippen LogP contribution < -0.4 is 10.6 Å². The van der Waals surface area contributed by atoms with E-state index >= 15 is 0 Å². The van der Waals surface area contributed by atoms with Gasteiger partial charge in [0, 0.05) is 49.6 Å². The number of halogens is 2. The molecule has 18 heteroatoms. The van der Waals surface area contributed by atoms with E-state index in [0.717, 1.165) is 48.7 Å². The molecule has 0 saturated heterocycles. The first-order valence-corrected chi connectivity index (χ1v) is 18.5. The van der Waals surface area contributed by atoms with Crippen LogP contribution >= 0.6 is 45.3 Å². The molecule has 0 bridgehead atoms. The second kappa shape index (κ2) is 15.2. The fourth-order valence-corrected chi connectivity index (χ4v) is 7.89. The third kappa shape index (κ3) is 7.59. The topological polar surface area (TPSA) is 145 Å². The van der Waals surface area contributed by atoms with Gasteiger partial charge in [0.1, 0.15) is 21.4 Å². The highest BCUT2D eigenvalue weighted by Gasteiger charge is 2.18. The van der Waals surface area contributed by atoms with Gasteiger partial charge in [-0.25, -0.2) is 23.7 Å². The van der Waals surface area contributed by atoms with Crippen LogP contribution in [0.5, 0.6) is 0 Å². The molecule has 2 amide bonds. The highest BCUT2D eigenvalue weighted by molar-refractivity contribution is 7.18. The zero-order valence-electron chi connectivity index (χ0n) is 27.0. The van der Waals surface area contributed by atoms with Crippen molar-refractivity contribution in [3.63, 3.8) is 0 Å². The molecule has 0 aromatic carbocycles. The Morgan fingerprint density at radius 1 is 0.673 bits per heavy atom. The van der Waals surface area contributed by atoms with Crippen molar-refractivity contribution in [2.45, 2.75) is 0 Å². The summed E-state index contributed by atoms with van der Waals surface area (Å²) in [6.45, 7) is 0. The molecule has 0 atom stereocenters. The zero-order valence-corrected chi connectivity index (χ0v) is 30.3. The van der Waals surface area contributed by atoms with Gasteiger partial charge < -0.3 is 10.6 Å². The average Bonchev–Trinajstić information content (AvgIpc) is 3.98. The zero-order chi connectivity index (χ0) is 36.2. The second-order valence-electron chi connectivity index (χ2n) is 10.7. The Labute approximate surface area is 310 Å². The van der Waals surface area contributed by atoms with Crippen LogP contribution in [-0.2, 0) is 14.1 Å². The highest BCUT2D eigenvalue weighted by Crippen LogP contribution is 2.33. The maximum atomic E-state index is 13.6. The van der Waals surface area contributed by atoms with Crippen LogP contribution in [0.2, 0.25) is 0 Å². The fraction of sp³-hybridized carbons (Fsp3) is 0.0588. The predicted molar refractivity (Wildman–Crippen MR) is 200 cm³/mol. The van der Waals surface area contributed by atoms with E-state index < -0.39 is 17.5 Å². The molecular weight excluding hydrogens is 747 g/mol. The van der Waals surface area contributed by atoms with Crippen LogP contribution in [0.25, 0.3) is 42.5 Å². The van der Waals surface area contributed by atoms with Crippen molar-refractivity contribution < 1.29 is 18.4 Å². The number of rotatable bonds is 8. The molecule has 0 unspecified atom stereocenters. The maximum absolute atomic E-state index is 13.6. The quantitative estimate of drug-likeness (QED) is 0.158. The summed E-state index contributed by atoms with van der Waals surface area (Å²) in [5.74, 6) is -2.00. The Kier molecular flexibility index (Phi) is 10.1. The fourth-order valence-electron chi connectivity index (χ4n) is 4.81. The van der Waals surface area contributed by atoms with Crippen molar-refractivity contribution in [1.82, 2.24) is 39.5 Å². The van der Waals surface area contributed by atoms with Crippen LogP contribution in [0.4, 0.5) is 20.3 Å². The summed E-state index contributed by atoms with van der Waals surface area (Å²) < 4.78 is 30.8. The molecule has 0 saturated carbocycles. The molecule has 8 aromatic heterocycles. The number of hydrogen-bond donors (Lipinski definition) is 2. The molecule has 12 nitrogen and oxygen atoms in total. The van der Waals surface area contributed by atoms with Gasteiger partial charge in [0.15, 0.2) is 17.5 Å². The molecule has 0 aliphatic carbocycles. The number of aromatic nitrogens is 8. The lowest BCUT2D eigenvalue weighted by molar-refractivity contribution is 0.102. The largest absolute Gasteiger partial charge is 0.319 e. The molecular formula is C34H24F2N10O2S4. The van der Waals surface area contributed by atoms with Crippen LogP contribution in [0.15, 0.2) is 96.3 Å². The van der Waals surface area contributed by atoms with Crippen molar-refractivity contribution in [3.8, 4) is 42.5 Å². The molecule has 0 aliphatic rings. The number of nitrogens with zero attached hydrogens (tertiary/aromatic N) is 8. The van der Waals surface area contributed by atoms with E-state index in [1.54, 1.807) is 33.9 Å². The van der Waals surface area contributed by atoms with E-state index in [0.29, 0.717) is 9.75 Å². The molecule has 0 spiro atoms. The summed E-state index contributed by atoms with van der Waals surface area (Å²) in [5, 5.41) is 19.5. The molecule has 0 fully saturated rings. The average molecular weight is 771 g/mol. The van der Waals surface area contributed by atoms with Gasteiger partial charge in [-0.1, -0.05) is 0 Å². The van der Waals surface area contributed by atoms with Crippen molar-refractivity contribution in [3.05, 3.63) is 118 Å². The summed E-state index contributed by atoms with van der Waals surface area (Å²) in [6, 6.07) is 15.1. The Morgan fingerprint density at radius 2 is 1.25 bits per heavy atom. The lowest BCUT2D eigenvalue weighted by Gasteiger charge is -2.03. The van der Waals surface area contributed by atoms with Gasteiger partial charge in [0.05, 0.1) is 42.8 Å². The van der Waals surface area contributed by atoms with Gasteiger partial charge in [-0.05, 0) is 54.6 Å². The van der Waals surface area contributed by atoms with Crippen LogP contribution in [-0.4, -0.2) is 51.3 Å². The first-order chi connectivity index (χ1) is 25.2. The smallest absolute Gasteiger partial charge is 0.266 e. The number of carbonyl (C=O) groups is 2. The minimum atomic E-state index is -0.572. The van der Waals surface area contributed by atoms with E-state index in [4.69, 9.17) is 0 Å². The lowest BCUT2D eigenvalue weighted by atomic mass is 10.3. The van der Waals surface area contributed by atoms with E-state index in [9.17, 15) is 18.4 Å². The van der Waals surface area contributed by atoms with Gasteiger partial charge in [-0.3, -0.25) is 23.9 Å². The molecule has 0 radical (unpaired) electrons. The summed E-state index contributed by atoms with van der Waals surface area (Å²) in [7, 11) is 3.69. The van der Waals surface area contributed by atoms with Crippen molar-refractivity contribution in [2.24, 2.45) is 14.1 Å². The Balaban J connectivity index is 0.000000162. The normalized spacial score (nSPS) is 10.8. The number of hydrogen-bond acceptors (Lipinski definition) is 12. The predicted octanol–water partition coefficient (Wildman–Crippen LogP) is 8.12. The minimum Gasteiger partial charge on any atom is -0.319 e. The molecule has 0 aliphatic heterocycles.